The third-order valence-electron chi connectivity index (χ3n) is 4.05. The van der Waals surface area contributed by atoms with E-state index in [0.29, 0.717) is 24.2 Å². The van der Waals surface area contributed by atoms with Crippen molar-refractivity contribution in [2.45, 2.75) is 6.42 Å². The van der Waals surface area contributed by atoms with Crippen LogP contribution < -0.4 is 15.4 Å². The van der Waals surface area contributed by atoms with Crippen LogP contribution in [0.2, 0.25) is 0 Å². The fourth-order valence-electron chi connectivity index (χ4n) is 2.71. The average Bonchev–Trinajstić information content (AvgIpc) is 3.04. The van der Waals surface area contributed by atoms with E-state index >= 15 is 0 Å². The average molecular weight is 353 g/mol. The number of hydrogen-bond acceptors (Lipinski definition) is 3. The number of anilines is 1. The van der Waals surface area contributed by atoms with E-state index in [1.54, 1.807) is 43.5 Å². The monoisotopic (exact) mass is 353 g/mol. The molecule has 0 saturated heterocycles. The number of carbonyl (C=O) groups excluding carboxylic acids is 1. The van der Waals surface area contributed by atoms with Crippen LogP contribution in [0.4, 0.5) is 10.5 Å². The van der Waals surface area contributed by atoms with Gasteiger partial charge >= 0.3 is 6.09 Å². The predicted octanol–water partition coefficient (Wildman–Crippen LogP) is 3.24. The van der Waals surface area contributed by atoms with Gasteiger partial charge in [0.1, 0.15) is 5.75 Å². The number of H-pyrrole nitrogens is 1. The highest BCUT2D eigenvalue weighted by Gasteiger charge is 2.10. The van der Waals surface area contributed by atoms with Gasteiger partial charge < -0.3 is 25.5 Å². The number of methoxy groups -OCH3 is 1. The molecule has 3 aromatic rings. The number of aromatic nitrogens is 1. The summed E-state index contributed by atoms with van der Waals surface area (Å²) >= 11 is 0. The van der Waals surface area contributed by atoms with E-state index < -0.39 is 6.09 Å². The minimum Gasteiger partial charge on any atom is -0.497 e. The van der Waals surface area contributed by atoms with Crippen LogP contribution in [-0.4, -0.2) is 35.7 Å². The van der Waals surface area contributed by atoms with Crippen LogP contribution >= 0.6 is 0 Å². The Bertz CT molecular complexity index is 932. The van der Waals surface area contributed by atoms with Crippen molar-refractivity contribution in [2.75, 3.05) is 19.0 Å². The van der Waals surface area contributed by atoms with Crippen molar-refractivity contribution in [1.29, 1.82) is 0 Å². The summed E-state index contributed by atoms with van der Waals surface area (Å²) in [5.74, 6) is 0.504. The molecular formula is C19H19N3O4. The SMILES string of the molecule is COc1ccc(NC(=O)c2ccc3[nH]cc(CCNC(=O)O)c3c2)cc1. The first-order valence-electron chi connectivity index (χ1n) is 8.09. The number of fused-ring (bicyclic) bond motifs is 1. The lowest BCUT2D eigenvalue weighted by Gasteiger charge is -2.07. The summed E-state index contributed by atoms with van der Waals surface area (Å²) in [6.45, 7) is 0.310. The van der Waals surface area contributed by atoms with Crippen molar-refractivity contribution in [3.05, 3.63) is 59.8 Å². The second kappa shape index (κ2) is 7.60. The molecule has 2 aromatic carbocycles. The fraction of sp³-hybridized carbons (Fsp3) is 0.158. The van der Waals surface area contributed by atoms with Gasteiger partial charge in [-0.1, -0.05) is 0 Å². The van der Waals surface area contributed by atoms with E-state index in [4.69, 9.17) is 9.84 Å². The van der Waals surface area contributed by atoms with Crippen LogP contribution in [0.5, 0.6) is 5.75 Å². The van der Waals surface area contributed by atoms with Gasteiger partial charge in [-0.2, -0.15) is 0 Å². The van der Waals surface area contributed by atoms with E-state index in [9.17, 15) is 9.59 Å². The van der Waals surface area contributed by atoms with E-state index in [1.807, 2.05) is 12.3 Å². The molecule has 1 heterocycles. The molecule has 0 saturated carbocycles. The standard InChI is InChI=1S/C19H19N3O4/c1-26-15-5-3-14(4-6-15)22-18(23)12-2-7-17-16(10-12)13(11-21-17)8-9-20-19(24)25/h2-7,10-11,20-21H,8-9H2,1H3,(H,22,23)(H,24,25). The lowest BCUT2D eigenvalue weighted by atomic mass is 10.1. The summed E-state index contributed by atoms with van der Waals surface area (Å²) in [5, 5.41) is 14.8. The molecule has 2 amide bonds. The minimum absolute atomic E-state index is 0.215. The number of amides is 2. The normalized spacial score (nSPS) is 10.5. The number of carboxylic acid groups (broad SMARTS) is 1. The van der Waals surface area contributed by atoms with Gasteiger partial charge in [-0.15, -0.1) is 0 Å². The number of hydrogen-bond donors (Lipinski definition) is 4. The third-order valence-corrected chi connectivity index (χ3v) is 4.05. The van der Waals surface area contributed by atoms with Gasteiger partial charge in [0.05, 0.1) is 7.11 Å². The molecule has 26 heavy (non-hydrogen) atoms. The topological polar surface area (TPSA) is 103 Å². The van der Waals surface area contributed by atoms with Crippen molar-refractivity contribution in [3.8, 4) is 5.75 Å². The van der Waals surface area contributed by atoms with Gasteiger partial charge in [0.15, 0.2) is 0 Å². The Morgan fingerprint density at radius 2 is 1.92 bits per heavy atom. The molecule has 4 N–H and O–H groups in total. The van der Waals surface area contributed by atoms with Crippen LogP contribution in [0.3, 0.4) is 0 Å². The number of rotatable bonds is 6. The van der Waals surface area contributed by atoms with E-state index in [0.717, 1.165) is 22.2 Å². The van der Waals surface area contributed by atoms with Gasteiger partial charge in [0.25, 0.3) is 5.91 Å². The summed E-state index contributed by atoms with van der Waals surface area (Å²) in [6, 6.07) is 12.5. The quantitative estimate of drug-likeness (QED) is 0.546. The van der Waals surface area contributed by atoms with E-state index in [2.05, 4.69) is 15.6 Å². The maximum absolute atomic E-state index is 12.5. The van der Waals surface area contributed by atoms with E-state index in [1.165, 1.54) is 0 Å². The molecule has 1 aromatic heterocycles. The Balaban J connectivity index is 1.76. The Morgan fingerprint density at radius 1 is 1.15 bits per heavy atom. The van der Waals surface area contributed by atoms with Crippen LogP contribution in [0.1, 0.15) is 15.9 Å². The van der Waals surface area contributed by atoms with Gasteiger partial charge in [-0.3, -0.25) is 4.79 Å². The fourth-order valence-corrected chi connectivity index (χ4v) is 2.71. The van der Waals surface area contributed by atoms with Crippen LogP contribution in [0, 0.1) is 0 Å². The molecule has 7 heteroatoms. The molecule has 3 rings (SSSR count). The van der Waals surface area contributed by atoms with Crippen LogP contribution in [-0.2, 0) is 6.42 Å². The van der Waals surface area contributed by atoms with Crippen LogP contribution in [0.15, 0.2) is 48.7 Å². The molecule has 0 unspecified atom stereocenters. The zero-order valence-corrected chi connectivity index (χ0v) is 14.2. The minimum atomic E-state index is -1.05. The predicted molar refractivity (Wildman–Crippen MR) is 99.0 cm³/mol. The maximum Gasteiger partial charge on any atom is 0.404 e. The van der Waals surface area contributed by atoms with Crippen molar-refractivity contribution < 1.29 is 19.4 Å². The second-order valence-corrected chi connectivity index (χ2v) is 5.74. The molecule has 0 fully saturated rings. The molecule has 7 nitrogen and oxygen atoms in total. The zero-order chi connectivity index (χ0) is 18.5. The Morgan fingerprint density at radius 3 is 2.62 bits per heavy atom. The molecule has 0 aliphatic heterocycles. The first-order valence-corrected chi connectivity index (χ1v) is 8.09. The number of nitrogens with one attached hydrogen (secondary N) is 3. The lowest BCUT2D eigenvalue weighted by Crippen LogP contribution is -2.23. The first kappa shape index (κ1) is 17.3. The number of benzene rings is 2. The largest absolute Gasteiger partial charge is 0.497 e. The molecule has 0 atom stereocenters. The number of ether oxygens (including phenoxy) is 1. The molecule has 0 radical (unpaired) electrons. The Hall–Kier alpha value is -3.48. The van der Waals surface area contributed by atoms with Gasteiger partial charge in [-0.25, -0.2) is 4.79 Å². The maximum atomic E-state index is 12.5. The van der Waals surface area contributed by atoms with Crippen LogP contribution in [0.25, 0.3) is 10.9 Å². The molecule has 0 spiro atoms. The molecule has 0 aliphatic carbocycles. The highest BCUT2D eigenvalue weighted by molar-refractivity contribution is 6.06. The smallest absolute Gasteiger partial charge is 0.404 e. The lowest BCUT2D eigenvalue weighted by molar-refractivity contribution is 0.102. The number of aromatic amines is 1. The third kappa shape index (κ3) is 3.94. The Kier molecular flexibility index (Phi) is 5.07. The zero-order valence-electron chi connectivity index (χ0n) is 14.2. The summed E-state index contributed by atoms with van der Waals surface area (Å²) in [7, 11) is 1.59. The first-order chi connectivity index (χ1) is 12.6. The van der Waals surface area contributed by atoms with Crippen molar-refractivity contribution in [3.63, 3.8) is 0 Å². The summed E-state index contributed by atoms with van der Waals surface area (Å²) in [4.78, 5) is 26.2. The Labute approximate surface area is 150 Å². The van der Waals surface area contributed by atoms with Crippen molar-refractivity contribution >= 4 is 28.6 Å². The molecule has 0 aliphatic rings. The summed E-state index contributed by atoms with van der Waals surface area (Å²) in [6.07, 6.45) is 1.32. The summed E-state index contributed by atoms with van der Waals surface area (Å²) < 4.78 is 5.10. The highest BCUT2D eigenvalue weighted by atomic mass is 16.5. The van der Waals surface area contributed by atoms with Gasteiger partial charge in [-0.05, 0) is 54.4 Å². The second-order valence-electron chi connectivity index (χ2n) is 5.74. The molecule has 0 bridgehead atoms. The highest BCUT2D eigenvalue weighted by Crippen LogP contribution is 2.21. The van der Waals surface area contributed by atoms with Crippen molar-refractivity contribution in [2.24, 2.45) is 0 Å². The van der Waals surface area contributed by atoms with Gasteiger partial charge in [0, 0.05) is 34.9 Å². The molecule has 134 valence electrons. The molecular weight excluding hydrogens is 334 g/mol. The number of carbonyl (C=O) groups is 2. The van der Waals surface area contributed by atoms with Crippen molar-refractivity contribution in [1.82, 2.24) is 10.3 Å². The summed E-state index contributed by atoms with van der Waals surface area (Å²) in [5.41, 5.74) is 3.06. The van der Waals surface area contributed by atoms with Gasteiger partial charge in [0.2, 0.25) is 0 Å². The van der Waals surface area contributed by atoms with E-state index in [-0.39, 0.29) is 5.91 Å².